The Morgan fingerprint density at radius 1 is 1.00 bits per heavy atom. The zero-order chi connectivity index (χ0) is 20.0. The standard InChI is InChI=1S/C19H17F4NO3/c1-11-3-4-12(2)15(9-11)24-17(25)8-6-13-5-7-14(26-18(20)21)10-16(13)27-19(22)23/h3-10,18-19H,1-2H3,(H,24,25)/b8-6+. The van der Waals surface area contributed by atoms with Crippen LogP contribution in [-0.2, 0) is 4.79 Å². The van der Waals surface area contributed by atoms with Crippen molar-refractivity contribution in [2.45, 2.75) is 27.1 Å². The highest BCUT2D eigenvalue weighted by Crippen LogP contribution is 2.28. The van der Waals surface area contributed by atoms with Crippen LogP contribution in [0.25, 0.3) is 6.08 Å². The van der Waals surface area contributed by atoms with Crippen molar-refractivity contribution < 1.29 is 31.8 Å². The smallest absolute Gasteiger partial charge is 0.387 e. The third-order valence-electron chi connectivity index (χ3n) is 3.49. The Morgan fingerprint density at radius 2 is 1.70 bits per heavy atom. The normalized spacial score (nSPS) is 11.3. The fourth-order valence-electron chi connectivity index (χ4n) is 2.24. The maximum Gasteiger partial charge on any atom is 0.387 e. The van der Waals surface area contributed by atoms with Crippen molar-refractivity contribution in [3.05, 3.63) is 59.2 Å². The minimum absolute atomic E-state index is 0.105. The van der Waals surface area contributed by atoms with Gasteiger partial charge in [0.2, 0.25) is 5.91 Å². The van der Waals surface area contributed by atoms with E-state index in [1.807, 2.05) is 26.0 Å². The molecule has 2 aromatic carbocycles. The molecule has 4 nitrogen and oxygen atoms in total. The average Bonchev–Trinajstić information content (AvgIpc) is 2.56. The van der Waals surface area contributed by atoms with E-state index in [0.717, 1.165) is 29.3 Å². The SMILES string of the molecule is Cc1ccc(C)c(NC(=O)/C=C/c2ccc(OC(F)F)cc2OC(F)F)c1. The first-order chi connectivity index (χ1) is 12.7. The summed E-state index contributed by atoms with van der Waals surface area (Å²) < 4.78 is 58.1. The minimum Gasteiger partial charge on any atom is -0.435 e. The molecule has 2 rings (SSSR count). The monoisotopic (exact) mass is 383 g/mol. The molecule has 0 aliphatic carbocycles. The van der Waals surface area contributed by atoms with E-state index in [2.05, 4.69) is 14.8 Å². The molecule has 0 unspecified atom stereocenters. The van der Waals surface area contributed by atoms with Crippen LogP contribution in [0.15, 0.2) is 42.5 Å². The van der Waals surface area contributed by atoms with Gasteiger partial charge in [0.25, 0.3) is 0 Å². The molecule has 0 aromatic heterocycles. The molecular weight excluding hydrogens is 366 g/mol. The first kappa shape index (κ1) is 20.3. The Kier molecular flexibility index (Phi) is 6.81. The van der Waals surface area contributed by atoms with E-state index in [4.69, 9.17) is 0 Å². The van der Waals surface area contributed by atoms with Crippen molar-refractivity contribution in [1.82, 2.24) is 0 Å². The molecule has 0 aliphatic heterocycles. The summed E-state index contributed by atoms with van der Waals surface area (Å²) in [5.41, 5.74) is 2.54. The van der Waals surface area contributed by atoms with E-state index >= 15 is 0 Å². The number of anilines is 1. The van der Waals surface area contributed by atoms with Gasteiger partial charge in [-0.3, -0.25) is 4.79 Å². The fourth-order valence-corrected chi connectivity index (χ4v) is 2.24. The molecule has 0 atom stereocenters. The second kappa shape index (κ2) is 9.07. The molecule has 0 saturated carbocycles. The molecule has 144 valence electrons. The summed E-state index contributed by atoms with van der Waals surface area (Å²) in [6.07, 6.45) is 2.37. The van der Waals surface area contributed by atoms with Gasteiger partial charge in [-0.15, -0.1) is 0 Å². The number of hydrogen-bond acceptors (Lipinski definition) is 3. The first-order valence-electron chi connectivity index (χ1n) is 7.84. The fraction of sp³-hybridized carbons (Fsp3) is 0.211. The van der Waals surface area contributed by atoms with Crippen LogP contribution in [0.5, 0.6) is 11.5 Å². The highest BCUT2D eigenvalue weighted by Gasteiger charge is 2.12. The summed E-state index contributed by atoms with van der Waals surface area (Å²) in [5, 5.41) is 2.68. The largest absolute Gasteiger partial charge is 0.435 e. The van der Waals surface area contributed by atoms with Crippen LogP contribution in [-0.4, -0.2) is 19.1 Å². The molecule has 0 radical (unpaired) electrons. The molecule has 2 aromatic rings. The first-order valence-corrected chi connectivity index (χ1v) is 7.84. The van der Waals surface area contributed by atoms with Crippen molar-refractivity contribution in [2.24, 2.45) is 0 Å². The van der Waals surface area contributed by atoms with Crippen molar-refractivity contribution in [2.75, 3.05) is 5.32 Å². The van der Waals surface area contributed by atoms with Gasteiger partial charge in [-0.25, -0.2) is 0 Å². The molecule has 0 fully saturated rings. The van der Waals surface area contributed by atoms with E-state index in [9.17, 15) is 22.4 Å². The lowest BCUT2D eigenvalue weighted by atomic mass is 10.1. The van der Waals surface area contributed by atoms with Crippen LogP contribution in [0.2, 0.25) is 0 Å². The third kappa shape index (κ3) is 6.32. The summed E-state index contributed by atoms with van der Waals surface area (Å²) in [5.74, 6) is -1.21. The Labute approximate surface area is 153 Å². The summed E-state index contributed by atoms with van der Waals surface area (Å²) in [6.45, 7) is -2.56. The summed E-state index contributed by atoms with van der Waals surface area (Å²) >= 11 is 0. The van der Waals surface area contributed by atoms with Crippen molar-refractivity contribution in [1.29, 1.82) is 0 Å². The van der Waals surface area contributed by atoms with E-state index in [-0.39, 0.29) is 17.1 Å². The van der Waals surface area contributed by atoms with E-state index in [0.29, 0.717) is 5.69 Å². The highest BCUT2D eigenvalue weighted by molar-refractivity contribution is 6.02. The molecule has 27 heavy (non-hydrogen) atoms. The second-order valence-electron chi connectivity index (χ2n) is 5.60. The topological polar surface area (TPSA) is 47.6 Å². The van der Waals surface area contributed by atoms with Gasteiger partial charge < -0.3 is 14.8 Å². The summed E-state index contributed by atoms with van der Waals surface area (Å²) in [6, 6.07) is 8.84. The molecule has 0 bridgehead atoms. The third-order valence-corrected chi connectivity index (χ3v) is 3.49. The Balaban J connectivity index is 2.18. The van der Waals surface area contributed by atoms with Gasteiger partial charge in [0.05, 0.1) is 0 Å². The second-order valence-corrected chi connectivity index (χ2v) is 5.60. The van der Waals surface area contributed by atoms with Gasteiger partial charge in [0, 0.05) is 23.4 Å². The molecule has 0 saturated heterocycles. The van der Waals surface area contributed by atoms with Gasteiger partial charge >= 0.3 is 13.2 Å². The number of nitrogens with one attached hydrogen (secondary N) is 1. The number of carbonyl (C=O) groups is 1. The number of alkyl halides is 4. The van der Waals surface area contributed by atoms with E-state index in [1.165, 1.54) is 12.1 Å². The number of ether oxygens (including phenoxy) is 2. The Morgan fingerprint density at radius 3 is 2.37 bits per heavy atom. The Bertz CT molecular complexity index is 838. The predicted molar refractivity (Wildman–Crippen MR) is 93.3 cm³/mol. The zero-order valence-electron chi connectivity index (χ0n) is 14.5. The number of aryl methyl sites for hydroxylation is 2. The molecule has 1 N–H and O–H groups in total. The molecule has 0 aliphatic rings. The zero-order valence-corrected chi connectivity index (χ0v) is 14.5. The number of carbonyl (C=O) groups excluding carboxylic acids is 1. The maximum atomic E-state index is 12.5. The predicted octanol–water partition coefficient (Wildman–Crippen LogP) is 5.16. The molecule has 0 heterocycles. The van der Waals surface area contributed by atoms with Crippen molar-refractivity contribution in [3.63, 3.8) is 0 Å². The van der Waals surface area contributed by atoms with Gasteiger partial charge in [0.1, 0.15) is 11.5 Å². The Hall–Kier alpha value is -3.03. The quantitative estimate of drug-likeness (QED) is 0.531. The van der Waals surface area contributed by atoms with Crippen LogP contribution in [0.1, 0.15) is 16.7 Å². The number of amides is 1. The van der Waals surface area contributed by atoms with Crippen LogP contribution < -0.4 is 14.8 Å². The van der Waals surface area contributed by atoms with E-state index in [1.54, 1.807) is 6.07 Å². The van der Waals surface area contributed by atoms with Gasteiger partial charge in [-0.05, 0) is 49.2 Å². The number of rotatable bonds is 7. The molecule has 0 spiro atoms. The molecule has 1 amide bonds. The number of halogens is 4. The van der Waals surface area contributed by atoms with Gasteiger partial charge in [0.15, 0.2) is 0 Å². The highest BCUT2D eigenvalue weighted by atomic mass is 19.3. The molecule has 8 heteroatoms. The lowest BCUT2D eigenvalue weighted by molar-refractivity contribution is -0.111. The van der Waals surface area contributed by atoms with E-state index < -0.39 is 19.1 Å². The van der Waals surface area contributed by atoms with Crippen molar-refractivity contribution >= 4 is 17.7 Å². The molecular formula is C19H17F4NO3. The average molecular weight is 383 g/mol. The minimum atomic E-state index is -3.16. The van der Waals surface area contributed by atoms with Gasteiger partial charge in [-0.1, -0.05) is 12.1 Å². The lowest BCUT2D eigenvalue weighted by Crippen LogP contribution is -2.09. The van der Waals surface area contributed by atoms with Crippen LogP contribution >= 0.6 is 0 Å². The maximum absolute atomic E-state index is 12.5. The summed E-state index contributed by atoms with van der Waals surface area (Å²) in [4.78, 5) is 12.1. The van der Waals surface area contributed by atoms with Crippen LogP contribution in [0, 0.1) is 13.8 Å². The van der Waals surface area contributed by atoms with Gasteiger partial charge in [-0.2, -0.15) is 17.6 Å². The summed E-state index contributed by atoms with van der Waals surface area (Å²) in [7, 11) is 0. The van der Waals surface area contributed by atoms with Crippen molar-refractivity contribution in [3.8, 4) is 11.5 Å². The number of benzene rings is 2. The number of hydrogen-bond donors (Lipinski definition) is 1. The lowest BCUT2D eigenvalue weighted by Gasteiger charge is -2.11. The van der Waals surface area contributed by atoms with Crippen LogP contribution in [0.4, 0.5) is 23.2 Å². The van der Waals surface area contributed by atoms with Crippen LogP contribution in [0.3, 0.4) is 0 Å².